The number of carbonyl (C=O) groups is 2. The molecule has 0 bridgehead atoms. The van der Waals surface area contributed by atoms with Gasteiger partial charge in [0, 0.05) is 13.1 Å². The SMILES string of the molecule is Cc1ccc(OC2CN(C(=O)NCCCN3CCC[C@@H](C(N)=O)C3)C2)cc1. The number of carbonyl (C=O) groups excluding carboxylic acids is 2. The van der Waals surface area contributed by atoms with Gasteiger partial charge >= 0.3 is 6.03 Å². The first-order valence-electron chi connectivity index (χ1n) is 9.79. The molecule has 2 fully saturated rings. The maximum Gasteiger partial charge on any atom is 0.317 e. The molecule has 7 nitrogen and oxygen atoms in total. The van der Waals surface area contributed by atoms with E-state index in [0.717, 1.165) is 44.6 Å². The summed E-state index contributed by atoms with van der Waals surface area (Å²) in [7, 11) is 0. The summed E-state index contributed by atoms with van der Waals surface area (Å²) in [5.74, 6) is 0.620. The van der Waals surface area contributed by atoms with Gasteiger partial charge in [0.2, 0.25) is 5.91 Å². The van der Waals surface area contributed by atoms with Crippen molar-refractivity contribution in [3.63, 3.8) is 0 Å². The second-order valence-electron chi connectivity index (χ2n) is 7.59. The zero-order valence-corrected chi connectivity index (χ0v) is 16.0. The minimum Gasteiger partial charge on any atom is -0.487 e. The van der Waals surface area contributed by atoms with Crippen LogP contribution in [-0.2, 0) is 4.79 Å². The van der Waals surface area contributed by atoms with Gasteiger partial charge in [0.15, 0.2) is 0 Å². The Balaban J connectivity index is 1.27. The van der Waals surface area contributed by atoms with E-state index in [4.69, 9.17) is 10.5 Å². The van der Waals surface area contributed by atoms with E-state index in [1.54, 1.807) is 4.90 Å². The van der Waals surface area contributed by atoms with Crippen LogP contribution in [0.4, 0.5) is 4.79 Å². The second kappa shape index (κ2) is 9.08. The topological polar surface area (TPSA) is 87.9 Å². The largest absolute Gasteiger partial charge is 0.487 e. The van der Waals surface area contributed by atoms with Gasteiger partial charge in [0.05, 0.1) is 19.0 Å². The molecule has 0 aliphatic carbocycles. The van der Waals surface area contributed by atoms with Crippen molar-refractivity contribution in [3.05, 3.63) is 29.8 Å². The number of benzene rings is 1. The van der Waals surface area contributed by atoms with Crippen LogP contribution in [-0.4, -0.2) is 67.1 Å². The minimum atomic E-state index is -0.201. The van der Waals surface area contributed by atoms with Gasteiger partial charge in [-0.3, -0.25) is 4.79 Å². The van der Waals surface area contributed by atoms with E-state index in [9.17, 15) is 9.59 Å². The summed E-state index contributed by atoms with van der Waals surface area (Å²) < 4.78 is 5.85. The van der Waals surface area contributed by atoms with E-state index >= 15 is 0 Å². The molecule has 3 amide bonds. The molecule has 1 aromatic rings. The number of rotatable bonds is 7. The van der Waals surface area contributed by atoms with Crippen molar-refractivity contribution >= 4 is 11.9 Å². The number of hydrogen-bond donors (Lipinski definition) is 2. The summed E-state index contributed by atoms with van der Waals surface area (Å²) in [6, 6.07) is 7.93. The first-order chi connectivity index (χ1) is 13.0. The molecule has 3 N–H and O–H groups in total. The maximum absolute atomic E-state index is 12.1. The molecule has 3 rings (SSSR count). The smallest absolute Gasteiger partial charge is 0.317 e. The molecule has 2 heterocycles. The number of nitrogens with one attached hydrogen (secondary N) is 1. The van der Waals surface area contributed by atoms with Crippen molar-refractivity contribution in [1.29, 1.82) is 0 Å². The number of nitrogens with zero attached hydrogens (tertiary/aromatic N) is 2. The van der Waals surface area contributed by atoms with Crippen LogP contribution < -0.4 is 15.8 Å². The Kier molecular flexibility index (Phi) is 6.55. The highest BCUT2D eigenvalue weighted by Gasteiger charge is 2.32. The summed E-state index contributed by atoms with van der Waals surface area (Å²) in [6.07, 6.45) is 2.84. The molecule has 2 aliphatic heterocycles. The number of aryl methyl sites for hydroxylation is 1. The molecule has 0 saturated carbocycles. The van der Waals surface area contributed by atoms with Crippen molar-refractivity contribution in [3.8, 4) is 5.75 Å². The van der Waals surface area contributed by atoms with Crippen LogP contribution in [0, 0.1) is 12.8 Å². The van der Waals surface area contributed by atoms with E-state index in [1.165, 1.54) is 5.56 Å². The third-order valence-electron chi connectivity index (χ3n) is 5.29. The van der Waals surface area contributed by atoms with Gasteiger partial charge in [-0.25, -0.2) is 4.79 Å². The van der Waals surface area contributed by atoms with Crippen molar-refractivity contribution in [2.75, 3.05) is 39.3 Å². The number of likely N-dealkylation sites (tertiary alicyclic amines) is 2. The van der Waals surface area contributed by atoms with Gasteiger partial charge in [-0.05, 0) is 51.4 Å². The van der Waals surface area contributed by atoms with Crippen LogP contribution >= 0.6 is 0 Å². The average molecular weight is 374 g/mol. The lowest BCUT2D eigenvalue weighted by molar-refractivity contribution is -0.123. The first-order valence-corrected chi connectivity index (χ1v) is 9.79. The summed E-state index contributed by atoms with van der Waals surface area (Å²) in [5, 5.41) is 2.96. The maximum atomic E-state index is 12.1. The van der Waals surface area contributed by atoms with Gasteiger partial charge in [0.25, 0.3) is 0 Å². The van der Waals surface area contributed by atoms with Crippen LogP contribution in [0.1, 0.15) is 24.8 Å². The molecule has 7 heteroatoms. The summed E-state index contributed by atoms with van der Waals surface area (Å²) in [4.78, 5) is 27.5. The first kappa shape index (κ1) is 19.5. The molecule has 0 spiro atoms. The molecular formula is C20H30N4O3. The van der Waals surface area contributed by atoms with Crippen molar-refractivity contribution in [2.24, 2.45) is 11.7 Å². The predicted octanol–water partition coefficient (Wildman–Crippen LogP) is 1.36. The number of amides is 3. The Bertz CT molecular complexity index is 643. The van der Waals surface area contributed by atoms with E-state index in [2.05, 4.69) is 10.2 Å². The molecule has 148 valence electrons. The molecular weight excluding hydrogens is 344 g/mol. The van der Waals surface area contributed by atoms with Crippen molar-refractivity contribution in [2.45, 2.75) is 32.3 Å². The zero-order valence-electron chi connectivity index (χ0n) is 16.0. The number of ether oxygens (including phenoxy) is 1. The van der Waals surface area contributed by atoms with E-state index < -0.39 is 0 Å². The molecule has 2 aliphatic rings. The lowest BCUT2D eigenvalue weighted by Gasteiger charge is -2.38. The van der Waals surface area contributed by atoms with Crippen LogP contribution in [0.3, 0.4) is 0 Å². The average Bonchev–Trinajstić information content (AvgIpc) is 2.63. The van der Waals surface area contributed by atoms with Crippen LogP contribution in [0.5, 0.6) is 5.75 Å². The Morgan fingerprint density at radius 3 is 2.67 bits per heavy atom. The molecule has 0 unspecified atom stereocenters. The fraction of sp³-hybridized carbons (Fsp3) is 0.600. The molecule has 27 heavy (non-hydrogen) atoms. The summed E-state index contributed by atoms with van der Waals surface area (Å²) in [6.45, 7) is 6.54. The lowest BCUT2D eigenvalue weighted by Crippen LogP contribution is -2.59. The lowest BCUT2D eigenvalue weighted by atomic mass is 9.97. The highest BCUT2D eigenvalue weighted by atomic mass is 16.5. The van der Waals surface area contributed by atoms with E-state index in [1.807, 2.05) is 31.2 Å². The predicted molar refractivity (Wildman–Crippen MR) is 104 cm³/mol. The van der Waals surface area contributed by atoms with Crippen LogP contribution in [0.15, 0.2) is 24.3 Å². The monoisotopic (exact) mass is 374 g/mol. The van der Waals surface area contributed by atoms with Crippen LogP contribution in [0.25, 0.3) is 0 Å². The molecule has 1 aromatic carbocycles. The van der Waals surface area contributed by atoms with Gasteiger partial charge in [0.1, 0.15) is 11.9 Å². The number of urea groups is 1. The third kappa shape index (κ3) is 5.60. The van der Waals surface area contributed by atoms with Crippen LogP contribution in [0.2, 0.25) is 0 Å². The fourth-order valence-corrected chi connectivity index (χ4v) is 3.59. The number of hydrogen-bond acceptors (Lipinski definition) is 4. The molecule has 0 radical (unpaired) electrons. The van der Waals surface area contributed by atoms with E-state index in [-0.39, 0.29) is 24.0 Å². The Hall–Kier alpha value is -2.28. The normalized spacial score (nSPS) is 20.8. The van der Waals surface area contributed by atoms with Crippen molar-refractivity contribution < 1.29 is 14.3 Å². The molecule has 0 aromatic heterocycles. The number of nitrogens with two attached hydrogens (primary N) is 1. The second-order valence-corrected chi connectivity index (χ2v) is 7.59. The number of piperidine rings is 1. The van der Waals surface area contributed by atoms with Gasteiger partial charge in [-0.1, -0.05) is 17.7 Å². The third-order valence-corrected chi connectivity index (χ3v) is 5.29. The number of primary amides is 1. The highest BCUT2D eigenvalue weighted by molar-refractivity contribution is 5.77. The highest BCUT2D eigenvalue weighted by Crippen LogP contribution is 2.19. The minimum absolute atomic E-state index is 0.0279. The standard InChI is InChI=1S/C20H30N4O3/c1-15-5-7-17(8-6-15)27-18-13-24(14-18)20(26)22-9-3-11-23-10-2-4-16(12-23)19(21)25/h5-8,16,18H,2-4,9-14H2,1H3,(H2,21,25)(H,22,26)/t16-/m1/s1. The molecule has 2 saturated heterocycles. The zero-order chi connectivity index (χ0) is 19.2. The van der Waals surface area contributed by atoms with Gasteiger partial charge < -0.3 is 25.6 Å². The van der Waals surface area contributed by atoms with Crippen molar-refractivity contribution in [1.82, 2.24) is 15.1 Å². The quantitative estimate of drug-likeness (QED) is 0.706. The Labute approximate surface area is 160 Å². The van der Waals surface area contributed by atoms with Gasteiger partial charge in [-0.2, -0.15) is 0 Å². The summed E-state index contributed by atoms with van der Waals surface area (Å²) in [5.41, 5.74) is 6.61. The Morgan fingerprint density at radius 1 is 1.22 bits per heavy atom. The van der Waals surface area contributed by atoms with E-state index in [0.29, 0.717) is 19.6 Å². The fourth-order valence-electron chi connectivity index (χ4n) is 3.59. The Morgan fingerprint density at radius 2 is 1.96 bits per heavy atom. The summed E-state index contributed by atoms with van der Waals surface area (Å²) >= 11 is 0. The van der Waals surface area contributed by atoms with Gasteiger partial charge in [-0.15, -0.1) is 0 Å². The molecule has 1 atom stereocenters.